The van der Waals surface area contributed by atoms with Crippen LogP contribution in [-0.2, 0) is 0 Å². The highest BCUT2D eigenvalue weighted by Gasteiger charge is 2.24. The van der Waals surface area contributed by atoms with Gasteiger partial charge in [0, 0.05) is 35.4 Å². The van der Waals surface area contributed by atoms with Gasteiger partial charge in [-0.15, -0.1) is 0 Å². The van der Waals surface area contributed by atoms with Crippen molar-refractivity contribution in [3.05, 3.63) is 52.3 Å². The fourth-order valence-corrected chi connectivity index (χ4v) is 3.56. The molecule has 0 bridgehead atoms. The number of rotatable bonds is 2. The molecule has 4 rings (SSSR count). The van der Waals surface area contributed by atoms with Crippen molar-refractivity contribution in [2.75, 3.05) is 0 Å². The van der Waals surface area contributed by atoms with E-state index in [1.54, 1.807) is 16.9 Å². The molecule has 0 unspecified atom stereocenters. The molecule has 5 nitrogen and oxygen atoms in total. The lowest BCUT2D eigenvalue weighted by molar-refractivity contribution is 0.687. The molecule has 0 atom stereocenters. The third-order valence-corrected chi connectivity index (χ3v) is 4.64. The Labute approximate surface area is 128 Å². The molecular formula is C17H18N4O. The molecule has 1 saturated carbocycles. The second-order valence-corrected chi connectivity index (χ2v) is 5.98. The van der Waals surface area contributed by atoms with Crippen LogP contribution in [0.4, 0.5) is 0 Å². The van der Waals surface area contributed by atoms with Gasteiger partial charge in [0.15, 0.2) is 5.65 Å². The molecule has 112 valence electrons. The first-order valence-electron chi connectivity index (χ1n) is 7.77. The molecule has 3 heterocycles. The molecule has 0 saturated heterocycles. The third-order valence-electron chi connectivity index (χ3n) is 4.64. The summed E-state index contributed by atoms with van der Waals surface area (Å²) >= 11 is 0. The van der Waals surface area contributed by atoms with Gasteiger partial charge in [-0.2, -0.15) is 0 Å². The maximum atomic E-state index is 12.9. The van der Waals surface area contributed by atoms with E-state index >= 15 is 0 Å². The summed E-state index contributed by atoms with van der Waals surface area (Å²) in [5, 5.41) is 3.07. The minimum Gasteiger partial charge on any atom is -0.296 e. The lowest BCUT2D eigenvalue weighted by Crippen LogP contribution is -2.23. The van der Waals surface area contributed by atoms with E-state index < -0.39 is 0 Å². The van der Waals surface area contributed by atoms with Gasteiger partial charge in [-0.1, -0.05) is 12.8 Å². The summed E-state index contributed by atoms with van der Waals surface area (Å²) in [5.41, 5.74) is 4.43. The number of hydrogen-bond donors (Lipinski definition) is 1. The smallest absolute Gasteiger partial charge is 0.276 e. The minimum atomic E-state index is 0.0507. The van der Waals surface area contributed by atoms with Crippen LogP contribution in [0.1, 0.15) is 42.9 Å². The Hall–Kier alpha value is -2.43. The van der Waals surface area contributed by atoms with Gasteiger partial charge >= 0.3 is 0 Å². The molecular weight excluding hydrogens is 276 g/mol. The quantitative estimate of drug-likeness (QED) is 0.790. The van der Waals surface area contributed by atoms with Crippen LogP contribution in [0, 0.1) is 6.92 Å². The summed E-state index contributed by atoms with van der Waals surface area (Å²) in [6, 6.07) is 3.85. The van der Waals surface area contributed by atoms with Gasteiger partial charge in [0.1, 0.15) is 0 Å². The molecule has 1 aliphatic carbocycles. The van der Waals surface area contributed by atoms with Crippen molar-refractivity contribution in [1.82, 2.24) is 19.6 Å². The molecule has 0 spiro atoms. The van der Waals surface area contributed by atoms with E-state index in [1.807, 2.05) is 25.3 Å². The van der Waals surface area contributed by atoms with Crippen LogP contribution in [-0.4, -0.2) is 19.6 Å². The number of hydrogen-bond acceptors (Lipinski definition) is 3. The van der Waals surface area contributed by atoms with Gasteiger partial charge in [0.2, 0.25) is 0 Å². The van der Waals surface area contributed by atoms with E-state index in [0.29, 0.717) is 11.6 Å². The number of fused-ring (bicyclic) bond motifs is 1. The summed E-state index contributed by atoms with van der Waals surface area (Å²) < 4.78 is 1.58. The van der Waals surface area contributed by atoms with Crippen molar-refractivity contribution in [2.45, 2.75) is 38.5 Å². The standard InChI is InChI=1S/C17H18N4O/c1-11-15(13-4-2-3-5-13)17(22)21-16(20-11)14(10-19-21)12-6-8-18-9-7-12/h6-10,13,19H,2-5H2,1H3. The Kier molecular flexibility index (Phi) is 3.06. The third kappa shape index (κ3) is 1.96. The molecule has 3 aromatic rings. The van der Waals surface area contributed by atoms with Crippen LogP contribution in [0.2, 0.25) is 0 Å². The van der Waals surface area contributed by atoms with E-state index in [1.165, 1.54) is 12.8 Å². The highest BCUT2D eigenvalue weighted by molar-refractivity contribution is 5.76. The van der Waals surface area contributed by atoms with E-state index in [2.05, 4.69) is 10.1 Å². The molecule has 0 aliphatic heterocycles. The normalized spacial score (nSPS) is 15.7. The fourth-order valence-electron chi connectivity index (χ4n) is 3.56. The van der Waals surface area contributed by atoms with Crippen LogP contribution in [0.15, 0.2) is 35.5 Å². The highest BCUT2D eigenvalue weighted by atomic mass is 16.1. The Balaban J connectivity index is 1.93. The second-order valence-electron chi connectivity index (χ2n) is 5.98. The first kappa shape index (κ1) is 13.2. The first-order valence-corrected chi connectivity index (χ1v) is 7.77. The predicted octanol–water partition coefficient (Wildman–Crippen LogP) is 3.05. The van der Waals surface area contributed by atoms with Gasteiger partial charge in [0.25, 0.3) is 5.56 Å². The molecule has 0 aromatic carbocycles. The number of nitrogens with one attached hydrogen (secondary N) is 1. The predicted molar refractivity (Wildman–Crippen MR) is 85.0 cm³/mol. The summed E-state index contributed by atoms with van der Waals surface area (Å²) in [5.74, 6) is 0.365. The molecule has 1 fully saturated rings. The van der Waals surface area contributed by atoms with Crippen molar-refractivity contribution < 1.29 is 0 Å². The lowest BCUT2D eigenvalue weighted by atomic mass is 9.97. The lowest BCUT2D eigenvalue weighted by Gasteiger charge is -2.11. The van der Waals surface area contributed by atoms with Gasteiger partial charge < -0.3 is 0 Å². The zero-order chi connectivity index (χ0) is 15.1. The topological polar surface area (TPSA) is 63.1 Å². The number of H-pyrrole nitrogens is 1. The summed E-state index contributed by atoms with van der Waals surface area (Å²) in [4.78, 5) is 21.6. The van der Waals surface area contributed by atoms with Gasteiger partial charge in [0.05, 0.1) is 0 Å². The Morgan fingerprint density at radius 2 is 1.95 bits per heavy atom. The minimum absolute atomic E-state index is 0.0507. The van der Waals surface area contributed by atoms with E-state index in [4.69, 9.17) is 4.98 Å². The zero-order valence-corrected chi connectivity index (χ0v) is 12.5. The van der Waals surface area contributed by atoms with Crippen LogP contribution in [0.3, 0.4) is 0 Å². The van der Waals surface area contributed by atoms with Crippen molar-refractivity contribution >= 4 is 5.65 Å². The SMILES string of the molecule is Cc1nc2c(-c3ccncc3)c[nH]n2c(=O)c1C1CCCC1. The van der Waals surface area contributed by atoms with Gasteiger partial charge in [-0.05, 0) is 43.4 Å². The maximum Gasteiger partial charge on any atom is 0.276 e. The van der Waals surface area contributed by atoms with Crippen LogP contribution in [0.25, 0.3) is 16.8 Å². The molecule has 0 radical (unpaired) electrons. The first-order chi connectivity index (χ1) is 10.8. The number of pyridine rings is 1. The van der Waals surface area contributed by atoms with Crippen molar-refractivity contribution in [2.24, 2.45) is 0 Å². The molecule has 22 heavy (non-hydrogen) atoms. The largest absolute Gasteiger partial charge is 0.296 e. The average molecular weight is 294 g/mol. The molecule has 0 amide bonds. The molecule has 1 N–H and O–H groups in total. The monoisotopic (exact) mass is 294 g/mol. The van der Waals surface area contributed by atoms with Crippen molar-refractivity contribution in [1.29, 1.82) is 0 Å². The second kappa shape index (κ2) is 5.09. The maximum absolute atomic E-state index is 12.9. The molecule has 5 heteroatoms. The van der Waals surface area contributed by atoms with E-state index in [9.17, 15) is 4.79 Å². The average Bonchev–Trinajstić information content (AvgIpc) is 3.18. The number of aryl methyl sites for hydroxylation is 1. The zero-order valence-electron chi connectivity index (χ0n) is 12.5. The number of aromatic nitrogens is 4. The Morgan fingerprint density at radius 1 is 1.23 bits per heavy atom. The van der Waals surface area contributed by atoms with E-state index in [0.717, 1.165) is 35.2 Å². The van der Waals surface area contributed by atoms with Gasteiger partial charge in [-0.3, -0.25) is 14.9 Å². The molecule has 1 aliphatic rings. The summed E-state index contributed by atoms with van der Waals surface area (Å²) in [7, 11) is 0. The Bertz CT molecular complexity index is 873. The van der Waals surface area contributed by atoms with Crippen LogP contribution >= 0.6 is 0 Å². The summed E-state index contributed by atoms with van der Waals surface area (Å²) in [6.07, 6.45) is 9.95. The van der Waals surface area contributed by atoms with Crippen molar-refractivity contribution in [3.8, 4) is 11.1 Å². The number of aromatic amines is 1. The van der Waals surface area contributed by atoms with Crippen molar-refractivity contribution in [3.63, 3.8) is 0 Å². The van der Waals surface area contributed by atoms with Gasteiger partial charge in [-0.25, -0.2) is 9.50 Å². The number of nitrogens with zero attached hydrogens (tertiary/aromatic N) is 3. The Morgan fingerprint density at radius 3 is 2.68 bits per heavy atom. The fraction of sp³-hybridized carbons (Fsp3) is 0.353. The summed E-state index contributed by atoms with van der Waals surface area (Å²) in [6.45, 7) is 1.96. The molecule has 3 aromatic heterocycles. The van der Waals surface area contributed by atoms with E-state index in [-0.39, 0.29) is 5.56 Å². The highest BCUT2D eigenvalue weighted by Crippen LogP contribution is 2.34. The van der Waals surface area contributed by atoms with Crippen LogP contribution < -0.4 is 5.56 Å². The van der Waals surface area contributed by atoms with Crippen LogP contribution in [0.5, 0.6) is 0 Å².